The van der Waals surface area contributed by atoms with E-state index in [1.165, 1.54) is 20.9 Å². The molecule has 1 aliphatic heterocycles. The largest absolute Gasteiger partial charge is 0.493 e. The molecule has 2 heterocycles. The zero-order valence-corrected chi connectivity index (χ0v) is 16.6. The molecular weight excluding hydrogens is 354 g/mol. The van der Waals surface area contributed by atoms with E-state index in [1.54, 1.807) is 7.11 Å². The van der Waals surface area contributed by atoms with E-state index in [4.69, 9.17) is 9.47 Å². The van der Waals surface area contributed by atoms with Crippen LogP contribution in [0.25, 0.3) is 0 Å². The predicted molar refractivity (Wildman–Crippen MR) is 111 cm³/mol. The SMILES string of the molecule is CCc1ccc(C2NCCc3cc(OC)c(OCc4ccccc4)cc32)s1. The summed E-state index contributed by atoms with van der Waals surface area (Å²) in [4.78, 5) is 2.79. The highest BCUT2D eigenvalue weighted by molar-refractivity contribution is 7.12. The summed E-state index contributed by atoms with van der Waals surface area (Å²) in [6.45, 7) is 3.72. The zero-order chi connectivity index (χ0) is 18.6. The van der Waals surface area contributed by atoms with Crippen molar-refractivity contribution in [3.63, 3.8) is 0 Å². The Kier molecular flexibility index (Phi) is 5.46. The van der Waals surface area contributed by atoms with Crippen molar-refractivity contribution >= 4 is 11.3 Å². The standard InChI is InChI=1S/C23H25NO2S/c1-3-18-9-10-22(27-18)23-19-14-21(26-15-16-7-5-4-6-8-16)20(25-2)13-17(19)11-12-24-23/h4-10,13-14,23-24H,3,11-12,15H2,1-2H3. The number of rotatable bonds is 6. The second-order valence-corrected chi connectivity index (χ2v) is 7.97. The number of fused-ring (bicyclic) bond motifs is 1. The van der Waals surface area contributed by atoms with Crippen LogP contribution in [0.4, 0.5) is 0 Å². The molecule has 0 aliphatic carbocycles. The van der Waals surface area contributed by atoms with Crippen LogP contribution in [-0.4, -0.2) is 13.7 Å². The number of benzene rings is 2. The molecule has 0 amide bonds. The molecule has 1 aromatic heterocycles. The average Bonchev–Trinajstić information content (AvgIpc) is 3.21. The minimum atomic E-state index is 0.226. The molecule has 0 spiro atoms. The van der Waals surface area contributed by atoms with Crippen LogP contribution < -0.4 is 14.8 Å². The summed E-state index contributed by atoms with van der Waals surface area (Å²) >= 11 is 1.89. The van der Waals surface area contributed by atoms with Crippen LogP contribution in [0.1, 0.15) is 39.4 Å². The first-order valence-corrected chi connectivity index (χ1v) is 10.3. The molecule has 3 nitrogen and oxygen atoms in total. The molecule has 1 atom stereocenters. The molecule has 1 N–H and O–H groups in total. The lowest BCUT2D eigenvalue weighted by Gasteiger charge is -2.27. The molecule has 0 bridgehead atoms. The molecule has 4 heteroatoms. The summed E-state index contributed by atoms with van der Waals surface area (Å²) in [7, 11) is 1.71. The summed E-state index contributed by atoms with van der Waals surface area (Å²) in [5.41, 5.74) is 3.79. The molecule has 1 unspecified atom stereocenters. The van der Waals surface area contributed by atoms with Crippen molar-refractivity contribution in [1.82, 2.24) is 5.32 Å². The van der Waals surface area contributed by atoms with Crippen molar-refractivity contribution in [1.29, 1.82) is 0 Å². The third-order valence-corrected chi connectivity index (χ3v) is 6.33. The molecule has 3 aromatic rings. The number of hydrogen-bond acceptors (Lipinski definition) is 4. The maximum absolute atomic E-state index is 6.14. The van der Waals surface area contributed by atoms with Gasteiger partial charge in [0.2, 0.25) is 0 Å². The van der Waals surface area contributed by atoms with Gasteiger partial charge in [-0.2, -0.15) is 0 Å². The first-order chi connectivity index (χ1) is 13.3. The minimum Gasteiger partial charge on any atom is -0.493 e. The van der Waals surface area contributed by atoms with Crippen molar-refractivity contribution in [2.75, 3.05) is 13.7 Å². The Morgan fingerprint density at radius 2 is 1.93 bits per heavy atom. The highest BCUT2D eigenvalue weighted by atomic mass is 32.1. The van der Waals surface area contributed by atoms with E-state index < -0.39 is 0 Å². The molecule has 140 valence electrons. The third kappa shape index (κ3) is 3.87. The maximum Gasteiger partial charge on any atom is 0.162 e. The Morgan fingerprint density at radius 3 is 2.67 bits per heavy atom. The molecule has 1 aliphatic rings. The van der Waals surface area contributed by atoms with E-state index in [2.05, 4.69) is 48.6 Å². The van der Waals surface area contributed by atoms with E-state index in [9.17, 15) is 0 Å². The highest BCUT2D eigenvalue weighted by Crippen LogP contribution is 2.39. The van der Waals surface area contributed by atoms with Gasteiger partial charge in [0, 0.05) is 16.3 Å². The Balaban J connectivity index is 1.65. The van der Waals surface area contributed by atoms with Crippen molar-refractivity contribution in [2.45, 2.75) is 32.4 Å². The number of nitrogens with one attached hydrogen (secondary N) is 1. The zero-order valence-electron chi connectivity index (χ0n) is 15.8. The van der Waals surface area contributed by atoms with Crippen molar-refractivity contribution in [3.8, 4) is 11.5 Å². The van der Waals surface area contributed by atoms with Crippen LogP contribution in [0.3, 0.4) is 0 Å². The Morgan fingerprint density at radius 1 is 1.07 bits per heavy atom. The van der Waals surface area contributed by atoms with Gasteiger partial charge in [-0.15, -0.1) is 11.3 Å². The second-order valence-electron chi connectivity index (χ2n) is 6.77. The molecule has 4 rings (SSSR count). The quantitative estimate of drug-likeness (QED) is 0.644. The molecule has 0 saturated heterocycles. The van der Waals surface area contributed by atoms with Crippen molar-refractivity contribution in [2.24, 2.45) is 0 Å². The number of ether oxygens (including phenoxy) is 2. The van der Waals surface area contributed by atoms with E-state index in [-0.39, 0.29) is 6.04 Å². The third-order valence-electron chi connectivity index (χ3n) is 5.03. The number of aryl methyl sites for hydroxylation is 1. The summed E-state index contributed by atoms with van der Waals surface area (Å²) < 4.78 is 11.8. The monoisotopic (exact) mass is 379 g/mol. The van der Waals surface area contributed by atoms with Gasteiger partial charge >= 0.3 is 0 Å². The van der Waals surface area contributed by atoms with Crippen LogP contribution in [0.5, 0.6) is 11.5 Å². The van der Waals surface area contributed by atoms with Gasteiger partial charge in [-0.1, -0.05) is 37.3 Å². The summed E-state index contributed by atoms with van der Waals surface area (Å²) in [6, 6.07) is 19.3. The fourth-order valence-electron chi connectivity index (χ4n) is 3.57. The maximum atomic E-state index is 6.14. The fourth-order valence-corrected chi connectivity index (χ4v) is 4.61. The highest BCUT2D eigenvalue weighted by Gasteiger charge is 2.25. The van der Waals surface area contributed by atoms with Crippen LogP contribution in [0.2, 0.25) is 0 Å². The van der Waals surface area contributed by atoms with Crippen LogP contribution in [-0.2, 0) is 19.4 Å². The molecular formula is C23H25NO2S. The number of hydrogen-bond donors (Lipinski definition) is 1. The lowest BCUT2D eigenvalue weighted by atomic mass is 9.92. The Labute approximate surface area is 165 Å². The van der Waals surface area contributed by atoms with E-state index >= 15 is 0 Å². The fraction of sp³-hybridized carbons (Fsp3) is 0.304. The van der Waals surface area contributed by atoms with E-state index in [0.717, 1.165) is 36.4 Å². The van der Waals surface area contributed by atoms with Crippen molar-refractivity contribution < 1.29 is 9.47 Å². The van der Waals surface area contributed by atoms with Gasteiger partial charge in [-0.3, -0.25) is 0 Å². The van der Waals surface area contributed by atoms with Crippen molar-refractivity contribution in [3.05, 3.63) is 81.0 Å². The molecule has 2 aromatic carbocycles. The average molecular weight is 380 g/mol. The smallest absolute Gasteiger partial charge is 0.162 e. The van der Waals surface area contributed by atoms with Crippen LogP contribution in [0, 0.1) is 0 Å². The normalized spacial score (nSPS) is 16.0. The van der Waals surface area contributed by atoms with Gasteiger partial charge in [-0.05, 0) is 53.8 Å². The predicted octanol–water partition coefficient (Wildman–Crippen LogP) is 5.13. The Bertz CT molecular complexity index is 904. The van der Waals surface area contributed by atoms with Gasteiger partial charge in [0.25, 0.3) is 0 Å². The van der Waals surface area contributed by atoms with Crippen LogP contribution in [0.15, 0.2) is 54.6 Å². The summed E-state index contributed by atoms with van der Waals surface area (Å²) in [6.07, 6.45) is 2.09. The summed E-state index contributed by atoms with van der Waals surface area (Å²) in [5, 5.41) is 3.68. The number of thiophene rings is 1. The van der Waals surface area contributed by atoms with Gasteiger partial charge < -0.3 is 14.8 Å². The van der Waals surface area contributed by atoms with Gasteiger partial charge in [0.15, 0.2) is 11.5 Å². The van der Waals surface area contributed by atoms with E-state index in [0.29, 0.717) is 6.61 Å². The Hall–Kier alpha value is -2.30. The van der Waals surface area contributed by atoms with Gasteiger partial charge in [0.1, 0.15) is 6.61 Å². The molecule has 27 heavy (non-hydrogen) atoms. The first kappa shape index (κ1) is 18.1. The first-order valence-electron chi connectivity index (χ1n) is 9.48. The lowest BCUT2D eigenvalue weighted by molar-refractivity contribution is 0.283. The summed E-state index contributed by atoms with van der Waals surface area (Å²) in [5.74, 6) is 1.62. The molecule has 0 radical (unpaired) electrons. The molecule has 0 fully saturated rings. The van der Waals surface area contributed by atoms with Gasteiger partial charge in [-0.25, -0.2) is 0 Å². The molecule has 0 saturated carbocycles. The lowest BCUT2D eigenvalue weighted by Crippen LogP contribution is -2.30. The topological polar surface area (TPSA) is 30.5 Å². The van der Waals surface area contributed by atoms with E-state index in [1.807, 2.05) is 29.5 Å². The van der Waals surface area contributed by atoms with Crippen LogP contribution >= 0.6 is 11.3 Å². The number of methoxy groups -OCH3 is 1. The minimum absolute atomic E-state index is 0.226. The second kappa shape index (κ2) is 8.15. The van der Waals surface area contributed by atoms with Gasteiger partial charge in [0.05, 0.1) is 13.2 Å².